The third kappa shape index (κ3) is 16.1. The number of carbonyl (C=O) groups excluding carboxylic acids is 4. The van der Waals surface area contributed by atoms with Crippen LogP contribution >= 0.6 is 0 Å². The summed E-state index contributed by atoms with van der Waals surface area (Å²) in [5, 5.41) is 14.0. The lowest BCUT2D eigenvalue weighted by Gasteiger charge is -2.25. The third-order valence-electron chi connectivity index (χ3n) is 15.7. The van der Waals surface area contributed by atoms with Crippen LogP contribution < -0.4 is 43.3 Å². The quantitative estimate of drug-likeness (QED) is 0.0499. The van der Waals surface area contributed by atoms with Gasteiger partial charge in [-0.2, -0.15) is 0 Å². The summed E-state index contributed by atoms with van der Waals surface area (Å²) < 4.78 is 11.2. The highest BCUT2D eigenvalue weighted by Crippen LogP contribution is 2.30. The van der Waals surface area contributed by atoms with E-state index in [0.29, 0.717) is 97.6 Å². The van der Waals surface area contributed by atoms with Crippen LogP contribution in [0.3, 0.4) is 0 Å². The van der Waals surface area contributed by atoms with Gasteiger partial charge in [0, 0.05) is 85.3 Å². The van der Waals surface area contributed by atoms with Gasteiger partial charge in [-0.3, -0.25) is 38.2 Å². The molecule has 0 saturated heterocycles. The second-order valence-electron chi connectivity index (χ2n) is 24.0. The normalized spacial score (nSPS) is 12.9. The fourth-order valence-electron chi connectivity index (χ4n) is 10.3. The van der Waals surface area contributed by atoms with Gasteiger partial charge in [0.15, 0.2) is 22.9 Å². The number of likely N-dealkylation sites (N-methyl/N-ethyl adjacent to an activating group) is 3. The fraction of sp³-hybridized carbons (Fsp3) is 0.225. The molecule has 4 amide bonds. The number of hydrogen-bond acceptors (Lipinski definition) is 16. The highest BCUT2D eigenvalue weighted by molar-refractivity contribution is 6.05. The van der Waals surface area contributed by atoms with Crippen LogP contribution in [0.2, 0.25) is 0 Å². The van der Waals surface area contributed by atoms with E-state index < -0.39 is 29.0 Å². The zero-order valence-electron chi connectivity index (χ0n) is 54.1. The zero-order valence-corrected chi connectivity index (χ0v) is 54.1. The van der Waals surface area contributed by atoms with Crippen molar-refractivity contribution in [2.45, 2.75) is 64.1 Å². The molecule has 25 nitrogen and oxygen atoms in total. The molecule has 0 aliphatic heterocycles. The minimum absolute atomic E-state index is 0.120. The fourth-order valence-corrected chi connectivity index (χ4v) is 10.3. The average molecular weight is 1300 g/mol. The van der Waals surface area contributed by atoms with E-state index in [-0.39, 0.29) is 29.4 Å². The number of anilines is 6. The Morgan fingerprint density at radius 2 is 0.938 bits per heavy atom. The Morgan fingerprint density at radius 1 is 0.531 bits per heavy atom. The van der Waals surface area contributed by atoms with Crippen molar-refractivity contribution in [3.8, 4) is 22.7 Å². The molecule has 0 radical (unpaired) electrons. The van der Waals surface area contributed by atoms with Gasteiger partial charge in [0.25, 0.3) is 11.8 Å². The molecule has 25 heteroatoms. The van der Waals surface area contributed by atoms with Gasteiger partial charge in [0.1, 0.15) is 29.3 Å². The van der Waals surface area contributed by atoms with Crippen LogP contribution in [0.25, 0.3) is 45.1 Å². The highest BCUT2D eigenvalue weighted by Gasteiger charge is 2.28. The summed E-state index contributed by atoms with van der Waals surface area (Å²) in [5.41, 5.74) is 17.6. The monoisotopic (exact) mass is 1290 g/mol. The number of carboxylic acid groups (broad SMARTS) is 1. The first-order valence-corrected chi connectivity index (χ1v) is 30.9. The molecule has 96 heavy (non-hydrogen) atoms. The van der Waals surface area contributed by atoms with Crippen LogP contribution in [0.15, 0.2) is 204 Å². The molecule has 2 fully saturated rings. The minimum Gasteiger partial charge on any atom is -0.478 e. The number of hydrogen-bond donors (Lipinski definition) is 5. The lowest BCUT2D eigenvalue weighted by atomic mass is 10.2. The Morgan fingerprint density at radius 3 is 1.33 bits per heavy atom. The Hall–Kier alpha value is -11.8. The summed E-state index contributed by atoms with van der Waals surface area (Å²) in [6.45, 7) is 6.82. The summed E-state index contributed by atoms with van der Waals surface area (Å²) in [4.78, 5) is 113. The Balaban J connectivity index is 0.000000180. The number of nitrogens with zero attached hydrogens (tertiary/aromatic N) is 12. The molecule has 0 atom stereocenters. The maximum atomic E-state index is 14.0. The van der Waals surface area contributed by atoms with Gasteiger partial charge >= 0.3 is 23.4 Å². The average Bonchev–Trinajstić information content (AvgIpc) is 1.60. The highest BCUT2D eigenvalue weighted by atomic mass is 16.6. The van der Waals surface area contributed by atoms with Crippen LogP contribution in [0.1, 0.15) is 67.2 Å². The van der Waals surface area contributed by atoms with Gasteiger partial charge in [0.05, 0.1) is 22.7 Å². The van der Waals surface area contributed by atoms with Gasteiger partial charge in [-0.15, -0.1) is 0 Å². The predicted molar refractivity (Wildman–Crippen MR) is 372 cm³/mol. The van der Waals surface area contributed by atoms with E-state index in [1.54, 1.807) is 187 Å². The third-order valence-corrected chi connectivity index (χ3v) is 15.7. The molecule has 2 saturated carbocycles. The molecular weight excluding hydrogens is 1220 g/mol. The number of rotatable bonds is 18. The van der Waals surface area contributed by atoms with Crippen LogP contribution in [0.5, 0.6) is 0 Å². The number of imidazole rings is 2. The first-order chi connectivity index (χ1) is 46.0. The second-order valence-corrected chi connectivity index (χ2v) is 24.0. The SMILES string of the molecule is CN(C(=O)/C=C/CN(C)C1CC1)c1cccc(-n2c(=O)n(-c3ccc(NC(=O)c4ccccc4)cc3)c3c(N)ncnc32)c1.CN(C(=O)OC(C)(C)C)c1cccc(-n2c(=O)n(-c3ccc(NC(=O)c4ccccc4)cc3)c3c(N)ncnc32)c1.CN(C/C=C/C(=O)O)C1CC1. The summed E-state index contributed by atoms with van der Waals surface area (Å²) in [5.74, 6) is -1.28. The van der Waals surface area contributed by atoms with E-state index in [1.165, 1.54) is 72.5 Å². The van der Waals surface area contributed by atoms with Crippen molar-refractivity contribution in [2.24, 2.45) is 0 Å². The van der Waals surface area contributed by atoms with E-state index >= 15 is 0 Å². The first-order valence-electron chi connectivity index (χ1n) is 30.9. The van der Waals surface area contributed by atoms with Crippen LogP contribution in [-0.2, 0) is 14.3 Å². The van der Waals surface area contributed by atoms with E-state index in [4.69, 9.17) is 21.3 Å². The van der Waals surface area contributed by atoms with Crippen molar-refractivity contribution in [3.63, 3.8) is 0 Å². The van der Waals surface area contributed by atoms with E-state index in [1.807, 2.05) is 31.3 Å². The Kier molecular flexibility index (Phi) is 20.6. The van der Waals surface area contributed by atoms with Gasteiger partial charge < -0.3 is 36.8 Å². The number of carboxylic acids is 1. The lowest BCUT2D eigenvalue weighted by Crippen LogP contribution is -2.34. The van der Waals surface area contributed by atoms with Crippen molar-refractivity contribution >= 4 is 86.5 Å². The molecule has 492 valence electrons. The molecule has 10 aromatic rings. The van der Waals surface area contributed by atoms with Crippen LogP contribution in [0.4, 0.5) is 39.2 Å². The topological polar surface area (TPSA) is 309 Å². The zero-order chi connectivity index (χ0) is 68.4. The smallest absolute Gasteiger partial charge is 0.414 e. The minimum atomic E-state index is -0.866. The number of nitrogens with two attached hydrogens (primary N) is 2. The standard InChI is InChI=1S/C33H32N8O3.C30H29N7O4.C8H13NO2/c1-38(24-17-18-24)19-7-12-28(42)39(2)26-10-6-11-27(20-26)41-31-29(30(34)35-21-36-31)40(33(41)44)25-15-13-23(14-16-25)37-32(43)22-8-4-3-5-9-22;1-30(2,3)41-29(40)35(4)22-11-8-12-23(17-22)37-26-24(25(31)32-18-33-26)36(28(37)39)21-15-13-20(14-16-21)34-27(38)19-9-6-5-7-10-19;1-9(7-4-5-7)6-2-3-8(10)11/h3-16,20-21,24H,17-19H2,1-2H3,(H,37,43)(H2,34,35,36);5-18H,1-4H3,(H,34,38)(H2,31,32,33);2-3,7H,4-6H2,1H3,(H,10,11)/b12-7+;;3-2+. The maximum Gasteiger partial charge on any atom is 0.414 e. The second kappa shape index (κ2) is 29.4. The molecule has 2 aliphatic carbocycles. The largest absolute Gasteiger partial charge is 0.478 e. The number of aliphatic carboxylic acids is 1. The van der Waals surface area contributed by atoms with Crippen LogP contribution in [0, 0.1) is 0 Å². The van der Waals surface area contributed by atoms with E-state index in [2.05, 4.69) is 47.4 Å². The number of carbonyl (C=O) groups is 5. The molecule has 4 heterocycles. The first kappa shape index (κ1) is 67.1. The maximum absolute atomic E-state index is 14.0. The molecule has 0 bridgehead atoms. The van der Waals surface area contributed by atoms with Crippen molar-refractivity contribution in [3.05, 3.63) is 227 Å². The number of fused-ring (bicyclic) bond motifs is 2. The molecule has 4 aromatic heterocycles. The molecule has 12 rings (SSSR count). The predicted octanol–water partition coefficient (Wildman–Crippen LogP) is 9.52. The van der Waals surface area contributed by atoms with Gasteiger partial charge in [-0.25, -0.2) is 48.2 Å². The molecular formula is C71H74N16O9. The summed E-state index contributed by atoms with van der Waals surface area (Å²) >= 11 is 0. The number of nitrogen functional groups attached to an aromatic ring is 2. The Bertz CT molecular complexity index is 4660. The van der Waals surface area contributed by atoms with Crippen molar-refractivity contribution < 1.29 is 33.8 Å². The van der Waals surface area contributed by atoms with Crippen molar-refractivity contribution in [1.82, 2.24) is 48.0 Å². The molecule has 0 spiro atoms. The number of nitrogens with one attached hydrogen (secondary N) is 2. The molecule has 6 aromatic carbocycles. The summed E-state index contributed by atoms with van der Waals surface area (Å²) in [6, 6.07) is 46.7. The van der Waals surface area contributed by atoms with Crippen molar-refractivity contribution in [1.29, 1.82) is 0 Å². The molecule has 7 N–H and O–H groups in total. The number of benzene rings is 6. The molecule has 2 aliphatic rings. The van der Waals surface area contributed by atoms with Gasteiger partial charge in [-0.05, 0) is 170 Å². The van der Waals surface area contributed by atoms with Crippen LogP contribution in [-0.4, -0.2) is 142 Å². The number of aromatic nitrogens is 8. The molecule has 0 unspecified atom stereocenters. The summed E-state index contributed by atoms with van der Waals surface area (Å²) in [6.07, 6.45) is 13.3. The van der Waals surface area contributed by atoms with Crippen molar-refractivity contribution in [2.75, 3.05) is 73.2 Å². The summed E-state index contributed by atoms with van der Waals surface area (Å²) in [7, 11) is 7.37. The Labute approximate surface area is 552 Å². The van der Waals surface area contributed by atoms with E-state index in [9.17, 15) is 33.6 Å². The van der Waals surface area contributed by atoms with Gasteiger partial charge in [-0.1, -0.05) is 60.7 Å². The van der Waals surface area contributed by atoms with Gasteiger partial charge in [0.2, 0.25) is 5.91 Å². The number of ether oxygens (including phenoxy) is 1. The lowest BCUT2D eigenvalue weighted by molar-refractivity contribution is -0.131. The number of amides is 4. The van der Waals surface area contributed by atoms with E-state index in [0.717, 1.165) is 6.54 Å².